The van der Waals surface area contributed by atoms with E-state index in [4.69, 9.17) is 16.3 Å². The number of sulfonamides is 1. The predicted molar refractivity (Wildman–Crippen MR) is 66.3 cm³/mol. The monoisotopic (exact) mass is 288 g/mol. The quantitative estimate of drug-likeness (QED) is 0.832. The Morgan fingerprint density at radius 1 is 1.50 bits per heavy atom. The average molecular weight is 289 g/mol. The number of nitrogens with zero attached hydrogens (tertiary/aromatic N) is 1. The number of carbonyl (C=O) groups is 1. The van der Waals surface area contributed by atoms with Crippen molar-refractivity contribution in [3.8, 4) is 0 Å². The second kappa shape index (κ2) is 4.58. The number of benzene rings is 1. The summed E-state index contributed by atoms with van der Waals surface area (Å²) in [5.41, 5.74) is 0.248. The predicted octanol–water partition coefficient (Wildman–Crippen LogP) is 1.42. The number of halogens is 1. The van der Waals surface area contributed by atoms with E-state index in [9.17, 15) is 13.2 Å². The number of rotatable bonds is 2. The van der Waals surface area contributed by atoms with Crippen LogP contribution < -0.4 is 5.32 Å². The smallest absolute Gasteiger partial charge is 0.375 e. The van der Waals surface area contributed by atoms with E-state index in [2.05, 4.69) is 9.71 Å². The minimum atomic E-state index is -3.94. The van der Waals surface area contributed by atoms with Crippen LogP contribution in [0.3, 0.4) is 0 Å². The number of carbonyl (C=O) groups excluding carboxylic acids is 1. The van der Waals surface area contributed by atoms with Crippen LogP contribution in [-0.4, -0.2) is 26.8 Å². The summed E-state index contributed by atoms with van der Waals surface area (Å²) < 4.78 is 31.8. The molecular weight excluding hydrogens is 280 g/mol. The maximum Gasteiger partial charge on any atom is 0.375 e. The molecule has 1 aliphatic rings. The molecule has 1 heterocycles. The largest absolute Gasteiger partial charge is 0.460 e. The highest BCUT2D eigenvalue weighted by atomic mass is 35.5. The van der Waals surface area contributed by atoms with Gasteiger partial charge in [-0.2, -0.15) is 8.42 Å². The summed E-state index contributed by atoms with van der Waals surface area (Å²) in [6, 6.07) is 4.24. The fraction of sp³-hybridized carbons (Fsp3) is 0.200. The van der Waals surface area contributed by atoms with Crippen molar-refractivity contribution in [2.24, 2.45) is 4.40 Å². The zero-order chi connectivity index (χ0) is 13.3. The lowest BCUT2D eigenvalue weighted by Crippen LogP contribution is -2.30. The third-order valence-electron chi connectivity index (χ3n) is 2.15. The van der Waals surface area contributed by atoms with Crippen LogP contribution in [0.2, 0.25) is 5.02 Å². The zero-order valence-electron chi connectivity index (χ0n) is 9.31. The van der Waals surface area contributed by atoms with E-state index in [0.29, 0.717) is 0 Å². The van der Waals surface area contributed by atoms with Crippen LogP contribution in [0.25, 0.3) is 0 Å². The summed E-state index contributed by atoms with van der Waals surface area (Å²) >= 11 is 5.72. The molecule has 0 saturated carbocycles. The van der Waals surface area contributed by atoms with Crippen LogP contribution in [0, 0.1) is 0 Å². The highest BCUT2D eigenvalue weighted by Crippen LogP contribution is 2.29. The lowest BCUT2D eigenvalue weighted by Gasteiger charge is -2.16. The first kappa shape index (κ1) is 12.8. The fourth-order valence-corrected chi connectivity index (χ4v) is 2.79. The van der Waals surface area contributed by atoms with Crippen LogP contribution in [0.5, 0.6) is 0 Å². The minimum absolute atomic E-state index is 0.0666. The topological polar surface area (TPSA) is 84.8 Å². The molecule has 1 aromatic carbocycles. The molecule has 1 N–H and O–H groups in total. The molecule has 0 aliphatic carbocycles. The third kappa shape index (κ3) is 2.32. The summed E-state index contributed by atoms with van der Waals surface area (Å²) in [4.78, 5) is 11.4. The number of ether oxygens (including phenoxy) is 1. The van der Waals surface area contributed by atoms with E-state index in [-0.39, 0.29) is 28.0 Å². The van der Waals surface area contributed by atoms with Crippen molar-refractivity contribution in [3.63, 3.8) is 0 Å². The van der Waals surface area contributed by atoms with Crippen molar-refractivity contribution in [2.75, 3.05) is 11.9 Å². The van der Waals surface area contributed by atoms with E-state index in [1.165, 1.54) is 18.2 Å². The number of esters is 1. The van der Waals surface area contributed by atoms with Crippen molar-refractivity contribution in [1.82, 2.24) is 0 Å². The molecule has 0 saturated heterocycles. The average Bonchev–Trinajstić information content (AvgIpc) is 2.29. The second-order valence-corrected chi connectivity index (χ2v) is 5.41. The molecule has 96 valence electrons. The van der Waals surface area contributed by atoms with Gasteiger partial charge in [-0.3, -0.25) is 0 Å². The van der Waals surface area contributed by atoms with Crippen molar-refractivity contribution in [1.29, 1.82) is 0 Å². The van der Waals surface area contributed by atoms with E-state index < -0.39 is 16.0 Å². The van der Waals surface area contributed by atoms with Crippen LogP contribution in [0.1, 0.15) is 6.92 Å². The molecule has 0 fully saturated rings. The van der Waals surface area contributed by atoms with Crippen LogP contribution in [0.15, 0.2) is 27.5 Å². The van der Waals surface area contributed by atoms with Gasteiger partial charge in [0.2, 0.25) is 5.84 Å². The van der Waals surface area contributed by atoms with Crippen molar-refractivity contribution in [3.05, 3.63) is 23.2 Å². The third-order valence-corrected chi connectivity index (χ3v) is 3.71. The SMILES string of the molecule is CCOC(=O)C1=NS(=O)(=O)c2cc(Cl)ccc2N1. The summed E-state index contributed by atoms with van der Waals surface area (Å²) in [6.45, 7) is 1.75. The number of nitrogens with one attached hydrogen (secondary N) is 1. The fourth-order valence-electron chi connectivity index (χ4n) is 1.42. The van der Waals surface area contributed by atoms with Gasteiger partial charge in [0.15, 0.2) is 0 Å². The van der Waals surface area contributed by atoms with Gasteiger partial charge in [-0.25, -0.2) is 4.79 Å². The molecule has 6 nitrogen and oxygen atoms in total. The summed E-state index contributed by atoms with van der Waals surface area (Å²) in [5, 5.41) is 2.87. The summed E-state index contributed by atoms with van der Waals surface area (Å²) in [5.74, 6) is -1.17. The molecule has 1 aromatic rings. The molecule has 0 radical (unpaired) electrons. The summed E-state index contributed by atoms with van der Waals surface area (Å²) in [6.07, 6.45) is 0. The molecule has 18 heavy (non-hydrogen) atoms. The maximum absolute atomic E-state index is 11.9. The van der Waals surface area contributed by atoms with Gasteiger partial charge in [0.25, 0.3) is 10.0 Å². The summed E-state index contributed by atoms with van der Waals surface area (Å²) in [7, 11) is -3.94. The highest BCUT2D eigenvalue weighted by Gasteiger charge is 2.28. The minimum Gasteiger partial charge on any atom is -0.460 e. The number of hydrogen-bond donors (Lipinski definition) is 1. The van der Waals surface area contributed by atoms with Crippen LogP contribution in [-0.2, 0) is 19.6 Å². The number of anilines is 1. The first-order valence-corrected chi connectivity index (χ1v) is 6.84. The maximum atomic E-state index is 11.9. The van der Waals surface area contributed by atoms with Gasteiger partial charge >= 0.3 is 5.97 Å². The Bertz CT molecular complexity index is 639. The number of fused-ring (bicyclic) bond motifs is 1. The van der Waals surface area contributed by atoms with Gasteiger partial charge in [-0.1, -0.05) is 11.6 Å². The molecule has 0 aromatic heterocycles. The van der Waals surface area contributed by atoms with E-state index >= 15 is 0 Å². The van der Waals surface area contributed by atoms with Crippen LogP contribution >= 0.6 is 11.6 Å². The Hall–Kier alpha value is -1.60. The Labute approximate surface area is 109 Å². The Morgan fingerprint density at radius 3 is 2.89 bits per heavy atom. The molecule has 0 atom stereocenters. The second-order valence-electron chi connectivity index (χ2n) is 3.40. The Morgan fingerprint density at radius 2 is 2.22 bits per heavy atom. The molecule has 0 amide bonds. The Kier molecular flexibility index (Phi) is 3.27. The van der Waals surface area contributed by atoms with Crippen molar-refractivity contribution < 1.29 is 17.9 Å². The van der Waals surface area contributed by atoms with Gasteiger partial charge in [0.05, 0.1) is 12.3 Å². The molecule has 0 unspecified atom stereocenters. The van der Waals surface area contributed by atoms with E-state index in [0.717, 1.165) is 0 Å². The molecule has 8 heteroatoms. The standard InChI is InChI=1S/C10H9ClN2O4S/c1-2-17-10(14)9-12-7-4-3-6(11)5-8(7)18(15,16)13-9/h3-5H,2H2,1H3,(H,12,13). The lowest BCUT2D eigenvalue weighted by molar-refractivity contribution is -0.135. The van der Waals surface area contributed by atoms with Gasteiger partial charge in [0.1, 0.15) is 4.90 Å². The molecule has 2 rings (SSSR count). The van der Waals surface area contributed by atoms with Gasteiger partial charge in [0, 0.05) is 5.02 Å². The normalized spacial score (nSPS) is 16.2. The van der Waals surface area contributed by atoms with Gasteiger partial charge in [-0.05, 0) is 25.1 Å². The first-order chi connectivity index (χ1) is 8.44. The molecule has 0 bridgehead atoms. The van der Waals surface area contributed by atoms with E-state index in [1.807, 2.05) is 0 Å². The first-order valence-electron chi connectivity index (χ1n) is 5.02. The van der Waals surface area contributed by atoms with Crippen LogP contribution in [0.4, 0.5) is 5.69 Å². The van der Waals surface area contributed by atoms with Crippen molar-refractivity contribution in [2.45, 2.75) is 11.8 Å². The molecule has 1 aliphatic heterocycles. The highest BCUT2D eigenvalue weighted by molar-refractivity contribution is 7.90. The number of amidine groups is 1. The molecule has 0 spiro atoms. The van der Waals surface area contributed by atoms with Crippen molar-refractivity contribution >= 4 is 39.1 Å². The van der Waals surface area contributed by atoms with Gasteiger partial charge < -0.3 is 10.1 Å². The van der Waals surface area contributed by atoms with Gasteiger partial charge in [-0.15, -0.1) is 4.40 Å². The zero-order valence-corrected chi connectivity index (χ0v) is 10.9. The molecular formula is C10H9ClN2O4S. The Balaban J connectivity index is 2.48. The number of hydrogen-bond acceptors (Lipinski definition) is 5. The lowest BCUT2D eigenvalue weighted by atomic mass is 10.3. The van der Waals surface area contributed by atoms with E-state index in [1.54, 1.807) is 6.92 Å².